The molecule has 0 aliphatic heterocycles. The minimum Gasteiger partial charge on any atom is -0.355 e. The molecule has 0 bridgehead atoms. The highest BCUT2D eigenvalue weighted by Crippen LogP contribution is 2.47. The van der Waals surface area contributed by atoms with Crippen LogP contribution in [0.3, 0.4) is 0 Å². The highest BCUT2D eigenvalue weighted by Gasteiger charge is 2.44. The van der Waals surface area contributed by atoms with E-state index in [9.17, 15) is 9.18 Å². The Kier molecular flexibility index (Phi) is 3.18. The van der Waals surface area contributed by atoms with Crippen LogP contribution in [0.1, 0.15) is 32.3 Å². The van der Waals surface area contributed by atoms with Crippen LogP contribution in [-0.4, -0.2) is 12.5 Å². The molecule has 1 aliphatic rings. The predicted octanol–water partition coefficient (Wildman–Crippen LogP) is 2.63. The average Bonchev–Trinajstić information content (AvgIpc) is 3.07. The van der Waals surface area contributed by atoms with Crippen molar-refractivity contribution in [3.63, 3.8) is 0 Å². The number of rotatable bonds is 4. The molecule has 0 saturated heterocycles. The third-order valence-corrected chi connectivity index (χ3v) is 3.42. The Labute approximate surface area is 101 Å². The van der Waals surface area contributed by atoms with Gasteiger partial charge in [-0.05, 0) is 30.5 Å². The van der Waals surface area contributed by atoms with Crippen molar-refractivity contribution in [3.8, 4) is 0 Å². The zero-order valence-electron chi connectivity index (χ0n) is 10.3. The minimum atomic E-state index is -0.205. The third kappa shape index (κ3) is 2.65. The van der Waals surface area contributed by atoms with Gasteiger partial charge < -0.3 is 5.32 Å². The van der Waals surface area contributed by atoms with Gasteiger partial charge >= 0.3 is 0 Å². The molecule has 1 fully saturated rings. The standard InChI is InChI=1S/C14H18FNO/c1-10(2)13(17)16-9-14(6-7-14)11-4-3-5-12(15)8-11/h3-5,8,10H,6-7,9H2,1-2H3,(H,16,17). The number of hydrogen-bond acceptors (Lipinski definition) is 1. The van der Waals surface area contributed by atoms with Gasteiger partial charge in [-0.3, -0.25) is 4.79 Å². The number of benzene rings is 1. The van der Waals surface area contributed by atoms with Crippen molar-refractivity contribution < 1.29 is 9.18 Å². The summed E-state index contributed by atoms with van der Waals surface area (Å²) in [6.45, 7) is 4.36. The van der Waals surface area contributed by atoms with Crippen molar-refractivity contribution >= 4 is 5.91 Å². The van der Waals surface area contributed by atoms with Crippen LogP contribution in [0.5, 0.6) is 0 Å². The molecular formula is C14H18FNO. The molecule has 1 aromatic carbocycles. The van der Waals surface area contributed by atoms with Gasteiger partial charge in [0.1, 0.15) is 5.82 Å². The normalized spacial score (nSPS) is 16.9. The Bertz CT molecular complexity index is 424. The van der Waals surface area contributed by atoms with Gasteiger partial charge in [-0.25, -0.2) is 4.39 Å². The van der Waals surface area contributed by atoms with Gasteiger partial charge in [0.25, 0.3) is 0 Å². The van der Waals surface area contributed by atoms with E-state index in [1.165, 1.54) is 6.07 Å². The second-order valence-electron chi connectivity index (χ2n) is 5.16. The second-order valence-corrected chi connectivity index (χ2v) is 5.16. The SMILES string of the molecule is CC(C)C(=O)NCC1(c2cccc(F)c2)CC1. The highest BCUT2D eigenvalue weighted by atomic mass is 19.1. The minimum absolute atomic E-state index is 0.00157. The summed E-state index contributed by atoms with van der Waals surface area (Å²) in [5.41, 5.74) is 0.980. The smallest absolute Gasteiger partial charge is 0.222 e. The van der Waals surface area contributed by atoms with Gasteiger partial charge in [0.05, 0.1) is 0 Å². The van der Waals surface area contributed by atoms with E-state index >= 15 is 0 Å². The summed E-state index contributed by atoms with van der Waals surface area (Å²) in [6.07, 6.45) is 2.05. The monoisotopic (exact) mass is 235 g/mol. The van der Waals surface area contributed by atoms with Gasteiger partial charge in [-0.1, -0.05) is 26.0 Å². The largest absolute Gasteiger partial charge is 0.355 e. The van der Waals surface area contributed by atoms with Gasteiger partial charge in [0.15, 0.2) is 0 Å². The summed E-state index contributed by atoms with van der Waals surface area (Å²) in [6, 6.07) is 6.70. The van der Waals surface area contributed by atoms with E-state index in [0.29, 0.717) is 6.54 Å². The average molecular weight is 235 g/mol. The molecule has 92 valence electrons. The fourth-order valence-corrected chi connectivity index (χ4v) is 2.00. The molecule has 2 rings (SSSR count). The van der Waals surface area contributed by atoms with Gasteiger partial charge in [-0.2, -0.15) is 0 Å². The third-order valence-electron chi connectivity index (χ3n) is 3.42. The lowest BCUT2D eigenvalue weighted by molar-refractivity contribution is -0.124. The highest BCUT2D eigenvalue weighted by molar-refractivity contribution is 5.78. The van der Waals surface area contributed by atoms with Crippen LogP contribution in [0.25, 0.3) is 0 Å². The number of amides is 1. The van der Waals surface area contributed by atoms with Crippen LogP contribution >= 0.6 is 0 Å². The van der Waals surface area contributed by atoms with E-state index in [0.717, 1.165) is 18.4 Å². The first-order chi connectivity index (χ1) is 8.03. The molecule has 1 N–H and O–H groups in total. The zero-order chi connectivity index (χ0) is 12.5. The summed E-state index contributed by atoms with van der Waals surface area (Å²) in [5, 5.41) is 2.94. The molecule has 1 aromatic rings. The summed E-state index contributed by atoms with van der Waals surface area (Å²) >= 11 is 0. The number of hydrogen-bond donors (Lipinski definition) is 1. The maximum atomic E-state index is 13.2. The molecule has 0 heterocycles. The molecule has 17 heavy (non-hydrogen) atoms. The molecule has 0 spiro atoms. The van der Waals surface area contributed by atoms with Gasteiger partial charge in [-0.15, -0.1) is 0 Å². The lowest BCUT2D eigenvalue weighted by Gasteiger charge is -2.17. The molecule has 3 heteroatoms. The van der Waals surface area contributed by atoms with Crippen LogP contribution in [0.4, 0.5) is 4.39 Å². The maximum Gasteiger partial charge on any atom is 0.222 e. The molecule has 0 radical (unpaired) electrons. The van der Waals surface area contributed by atoms with Crippen molar-refractivity contribution in [2.45, 2.75) is 32.1 Å². The lowest BCUT2D eigenvalue weighted by Crippen LogP contribution is -2.34. The Morgan fingerprint density at radius 1 is 1.47 bits per heavy atom. The zero-order valence-corrected chi connectivity index (χ0v) is 10.3. The van der Waals surface area contributed by atoms with Crippen LogP contribution < -0.4 is 5.32 Å². The first kappa shape index (κ1) is 12.1. The molecule has 0 unspecified atom stereocenters. The molecule has 1 aliphatic carbocycles. The second kappa shape index (κ2) is 4.47. The van der Waals surface area contributed by atoms with Crippen LogP contribution in [-0.2, 0) is 10.2 Å². The van der Waals surface area contributed by atoms with Crippen LogP contribution in [0, 0.1) is 11.7 Å². The fourth-order valence-electron chi connectivity index (χ4n) is 2.00. The quantitative estimate of drug-likeness (QED) is 0.854. The van der Waals surface area contributed by atoms with E-state index in [2.05, 4.69) is 5.32 Å². The summed E-state index contributed by atoms with van der Waals surface area (Å²) < 4.78 is 13.2. The van der Waals surface area contributed by atoms with E-state index in [-0.39, 0.29) is 23.1 Å². The Balaban J connectivity index is 2.03. The van der Waals surface area contributed by atoms with Crippen LogP contribution in [0.2, 0.25) is 0 Å². The molecule has 2 nitrogen and oxygen atoms in total. The summed E-state index contributed by atoms with van der Waals surface area (Å²) in [4.78, 5) is 11.5. The van der Waals surface area contributed by atoms with Crippen molar-refractivity contribution in [2.75, 3.05) is 6.54 Å². The van der Waals surface area contributed by atoms with E-state index in [4.69, 9.17) is 0 Å². The van der Waals surface area contributed by atoms with E-state index in [1.54, 1.807) is 12.1 Å². The van der Waals surface area contributed by atoms with Crippen molar-refractivity contribution in [2.24, 2.45) is 5.92 Å². The first-order valence-electron chi connectivity index (χ1n) is 6.07. The topological polar surface area (TPSA) is 29.1 Å². The van der Waals surface area contributed by atoms with Gasteiger partial charge in [0.2, 0.25) is 5.91 Å². The number of carbonyl (C=O) groups excluding carboxylic acids is 1. The fraction of sp³-hybridized carbons (Fsp3) is 0.500. The molecule has 0 aromatic heterocycles. The number of halogens is 1. The summed E-state index contributed by atoms with van der Waals surface area (Å²) in [7, 11) is 0. The maximum absolute atomic E-state index is 13.2. The Morgan fingerprint density at radius 3 is 2.71 bits per heavy atom. The first-order valence-corrected chi connectivity index (χ1v) is 6.07. The molecular weight excluding hydrogens is 217 g/mol. The van der Waals surface area contributed by atoms with E-state index in [1.807, 2.05) is 19.9 Å². The lowest BCUT2D eigenvalue weighted by atomic mass is 9.95. The Hall–Kier alpha value is -1.38. The number of carbonyl (C=O) groups is 1. The predicted molar refractivity (Wildman–Crippen MR) is 65.2 cm³/mol. The molecule has 1 amide bonds. The molecule has 0 atom stereocenters. The Morgan fingerprint density at radius 2 is 2.18 bits per heavy atom. The molecule has 1 saturated carbocycles. The van der Waals surface area contributed by atoms with Gasteiger partial charge in [0, 0.05) is 17.9 Å². The van der Waals surface area contributed by atoms with Crippen molar-refractivity contribution in [3.05, 3.63) is 35.6 Å². The van der Waals surface area contributed by atoms with Crippen molar-refractivity contribution in [1.29, 1.82) is 0 Å². The van der Waals surface area contributed by atoms with Crippen molar-refractivity contribution in [1.82, 2.24) is 5.32 Å². The van der Waals surface area contributed by atoms with Crippen LogP contribution in [0.15, 0.2) is 24.3 Å². The number of nitrogens with one attached hydrogen (secondary N) is 1. The summed E-state index contributed by atoms with van der Waals surface area (Å²) in [5.74, 6) is -0.144. The van der Waals surface area contributed by atoms with E-state index < -0.39 is 0 Å².